The second kappa shape index (κ2) is 30.3. The van der Waals surface area contributed by atoms with Gasteiger partial charge in [0, 0.05) is 6.42 Å². The van der Waals surface area contributed by atoms with Crippen LogP contribution in [0.5, 0.6) is 0 Å². The van der Waals surface area contributed by atoms with Crippen molar-refractivity contribution in [2.45, 2.75) is 198 Å². The summed E-state index contributed by atoms with van der Waals surface area (Å²) in [6.45, 7) is 3.32. The molecule has 7 atom stereocenters. The van der Waals surface area contributed by atoms with E-state index in [1.807, 2.05) is 6.08 Å². The third-order valence-electron chi connectivity index (χ3n) is 9.07. The monoisotopic (exact) mass is 740 g/mol. The number of aliphatic hydroxyl groups excluding tert-OH is 4. The Kier molecular flexibility index (Phi) is 29.6. The van der Waals surface area contributed by atoms with Crippen LogP contribution in [0, 0.1) is 0 Å². The van der Waals surface area contributed by atoms with Gasteiger partial charge >= 0.3 is 10.4 Å². The number of rotatable bonds is 31. The highest BCUT2D eigenvalue weighted by atomic mass is 32.3. The van der Waals surface area contributed by atoms with E-state index in [2.05, 4.69) is 23.3 Å². The van der Waals surface area contributed by atoms with Crippen LogP contribution < -0.4 is 11.5 Å². The molecule has 0 bridgehead atoms. The van der Waals surface area contributed by atoms with E-state index in [-0.39, 0.29) is 25.1 Å². The summed E-state index contributed by atoms with van der Waals surface area (Å²) in [5, 5.41) is 44.3. The van der Waals surface area contributed by atoms with Crippen LogP contribution in [0.4, 0.5) is 0 Å². The molecule has 298 valence electrons. The Bertz CT molecular complexity index is 956. The summed E-state index contributed by atoms with van der Waals surface area (Å²) in [5.74, 6) is -0.268. The van der Waals surface area contributed by atoms with Crippen molar-refractivity contribution >= 4 is 16.3 Å². The van der Waals surface area contributed by atoms with Gasteiger partial charge in [-0.2, -0.15) is 8.42 Å². The summed E-state index contributed by atoms with van der Waals surface area (Å²) in [6, 6.07) is -0.934. The number of nitrogens with one attached hydrogen (secondary N) is 1. The molecule has 0 spiro atoms. The van der Waals surface area contributed by atoms with E-state index in [9.17, 15) is 33.6 Å². The van der Waals surface area contributed by atoms with E-state index in [0.717, 1.165) is 38.5 Å². The lowest BCUT2D eigenvalue weighted by Crippen LogP contribution is -2.61. The maximum Gasteiger partial charge on any atom is 0.397 e. The van der Waals surface area contributed by atoms with Crippen LogP contribution in [-0.4, -0.2) is 95.4 Å². The van der Waals surface area contributed by atoms with Gasteiger partial charge in [-0.15, -0.1) is 0 Å². The molecule has 1 fully saturated rings. The Morgan fingerprint density at radius 1 is 0.800 bits per heavy atom. The average Bonchev–Trinajstić information content (AvgIpc) is 3.06. The Morgan fingerprint density at radius 3 is 1.76 bits per heavy atom. The quantitative estimate of drug-likeness (QED) is 0.0254. The smallest absolute Gasteiger partial charge is 0.394 e. The molecule has 0 saturated carbocycles. The predicted molar refractivity (Wildman–Crippen MR) is 195 cm³/mol. The molecule has 1 saturated heterocycles. The second-order valence-corrected chi connectivity index (χ2v) is 14.6. The van der Waals surface area contributed by atoms with Gasteiger partial charge < -0.3 is 41.4 Å². The van der Waals surface area contributed by atoms with Crippen molar-refractivity contribution < 1.29 is 51.8 Å². The van der Waals surface area contributed by atoms with E-state index in [0.29, 0.717) is 6.42 Å². The van der Waals surface area contributed by atoms with Crippen LogP contribution in [0.2, 0.25) is 0 Å². The first-order chi connectivity index (χ1) is 23.5. The van der Waals surface area contributed by atoms with Crippen molar-refractivity contribution in [2.24, 2.45) is 0 Å². The lowest BCUT2D eigenvalue weighted by Gasteiger charge is -2.41. The molecule has 1 amide bonds. The highest BCUT2D eigenvalue weighted by molar-refractivity contribution is 7.80. The Labute approximate surface area is 302 Å². The van der Waals surface area contributed by atoms with Crippen molar-refractivity contribution in [3.63, 3.8) is 0 Å². The number of carbonyl (C=O) groups excluding carboxylic acids is 1. The summed E-state index contributed by atoms with van der Waals surface area (Å²) in [5.41, 5.74) is 0. The normalized spacial score (nSPS) is 22.3. The van der Waals surface area contributed by atoms with E-state index in [1.54, 1.807) is 6.08 Å². The first-order valence-corrected chi connectivity index (χ1v) is 20.4. The number of hydrogen-bond donors (Lipinski definition) is 7. The van der Waals surface area contributed by atoms with Gasteiger partial charge in [0.25, 0.3) is 0 Å². The number of unbranched alkanes of at least 4 members (excludes halogenated alkanes) is 19. The third kappa shape index (κ3) is 23.4. The van der Waals surface area contributed by atoms with Crippen molar-refractivity contribution in [1.29, 1.82) is 0 Å². The summed E-state index contributed by atoms with van der Waals surface area (Å²) in [4.78, 5) is 12.9. The average molecular weight is 741 g/mol. The number of aliphatic hydroxyl groups is 4. The van der Waals surface area contributed by atoms with Crippen molar-refractivity contribution in [3.8, 4) is 0 Å². The summed E-state index contributed by atoms with van der Waals surface area (Å²) in [6.07, 6.45) is 18.4. The largest absolute Gasteiger partial charge is 0.397 e. The highest BCUT2D eigenvalue weighted by Gasteiger charge is 2.48. The maximum absolute atomic E-state index is 12.9. The minimum absolute atomic E-state index is 0. The highest BCUT2D eigenvalue weighted by Crippen LogP contribution is 2.26. The molecule has 0 unspecified atom stereocenters. The van der Waals surface area contributed by atoms with Crippen molar-refractivity contribution in [1.82, 2.24) is 11.5 Å². The van der Waals surface area contributed by atoms with Gasteiger partial charge in [-0.05, 0) is 19.3 Å². The molecule has 13 nitrogen and oxygen atoms in total. The van der Waals surface area contributed by atoms with Crippen molar-refractivity contribution in [2.75, 3.05) is 13.2 Å². The fourth-order valence-electron chi connectivity index (χ4n) is 6.04. The standard InChI is InChI=1S/C36H69NO11S.H3N/c1-3-5-7-9-11-13-14-15-16-18-19-21-23-25-30(39)29(37-32(40)26-24-22-20-17-12-10-8-6-4-2)28-46-36-34(42)35(48-49(43,44)45)33(41)31(27-38)47-36;/h23,25,29-31,33-36,38-39,41-42H,3-22,24,26-28H2,1-2H3,(H,37,40)(H,43,44,45);1H3/b25-23+;/t29-,30+,31+,33-,34+,35-,36+;/m0./s1. The van der Waals surface area contributed by atoms with E-state index in [1.165, 1.54) is 89.9 Å². The van der Waals surface area contributed by atoms with Crippen LogP contribution in [0.25, 0.3) is 0 Å². The summed E-state index contributed by atoms with van der Waals surface area (Å²) in [7, 11) is -5.07. The molecule has 1 aliphatic rings. The molecule has 0 aromatic heterocycles. The minimum atomic E-state index is -5.07. The van der Waals surface area contributed by atoms with E-state index >= 15 is 0 Å². The molecule has 0 aliphatic carbocycles. The molecule has 1 aliphatic heterocycles. The molecule has 50 heavy (non-hydrogen) atoms. The van der Waals surface area contributed by atoms with Gasteiger partial charge in [-0.3, -0.25) is 9.35 Å². The van der Waals surface area contributed by atoms with Crippen LogP contribution in [0.3, 0.4) is 0 Å². The molecular weight excluding hydrogens is 668 g/mol. The topological polar surface area (TPSA) is 227 Å². The van der Waals surface area contributed by atoms with Crippen LogP contribution in [0.15, 0.2) is 12.2 Å². The van der Waals surface area contributed by atoms with Gasteiger partial charge in [-0.25, -0.2) is 4.18 Å². The predicted octanol–water partition coefficient (Wildman–Crippen LogP) is 5.82. The van der Waals surface area contributed by atoms with Gasteiger partial charge in [0.05, 0.1) is 25.4 Å². The van der Waals surface area contributed by atoms with Gasteiger partial charge in [0.1, 0.15) is 24.4 Å². The Balaban J connectivity index is 0.0000240. The molecular formula is C36H72N2O11S. The molecule has 9 N–H and O–H groups in total. The second-order valence-electron chi connectivity index (χ2n) is 13.5. The first-order valence-electron chi connectivity index (χ1n) is 19.1. The fraction of sp³-hybridized carbons (Fsp3) is 0.917. The number of carbonyl (C=O) groups is 1. The molecule has 14 heteroatoms. The zero-order chi connectivity index (χ0) is 36.3. The van der Waals surface area contributed by atoms with Crippen LogP contribution in [-0.2, 0) is 28.9 Å². The number of ether oxygens (including phenoxy) is 2. The number of amides is 1. The summed E-state index contributed by atoms with van der Waals surface area (Å²) < 4.78 is 47.3. The lowest BCUT2D eigenvalue weighted by molar-refractivity contribution is -0.298. The summed E-state index contributed by atoms with van der Waals surface area (Å²) >= 11 is 0. The first kappa shape index (κ1) is 48.8. The molecule has 0 aromatic rings. The lowest BCUT2D eigenvalue weighted by atomic mass is 9.99. The van der Waals surface area contributed by atoms with Gasteiger partial charge in [0.2, 0.25) is 5.91 Å². The molecule has 0 aromatic carbocycles. The van der Waals surface area contributed by atoms with Crippen molar-refractivity contribution in [3.05, 3.63) is 12.2 Å². The third-order valence-corrected chi connectivity index (χ3v) is 9.53. The molecule has 0 radical (unpaired) electrons. The minimum Gasteiger partial charge on any atom is -0.394 e. The zero-order valence-corrected chi connectivity index (χ0v) is 31.8. The number of hydrogen-bond acceptors (Lipinski definition) is 11. The molecule has 1 rings (SSSR count). The van der Waals surface area contributed by atoms with E-state index < -0.39 is 59.9 Å². The number of allylic oxidation sites excluding steroid dienone is 1. The Morgan fingerprint density at radius 2 is 1.28 bits per heavy atom. The van der Waals surface area contributed by atoms with Crippen LogP contribution >= 0.6 is 0 Å². The van der Waals surface area contributed by atoms with Gasteiger partial charge in [-0.1, -0.05) is 142 Å². The SMILES string of the molecule is CCCCCCCCCCCCC/C=C/[C@@H](O)[C@H](CO[C@@H]1O[C@H](CO)[C@H](O)[C@H](OS(=O)(=O)O)[C@H]1O)NC(=O)CCCCCCCCCCC.N. The van der Waals surface area contributed by atoms with Gasteiger partial charge in [0.15, 0.2) is 6.29 Å². The van der Waals surface area contributed by atoms with Crippen LogP contribution in [0.1, 0.15) is 155 Å². The van der Waals surface area contributed by atoms with E-state index in [4.69, 9.17) is 14.0 Å². The molecule has 1 heterocycles. The maximum atomic E-state index is 12.9. The zero-order valence-electron chi connectivity index (χ0n) is 31.0. The fourth-order valence-corrected chi connectivity index (χ4v) is 6.55. The Hall–Kier alpha value is -1.20.